The van der Waals surface area contributed by atoms with Crippen molar-refractivity contribution in [2.75, 3.05) is 25.5 Å². The minimum absolute atomic E-state index is 0.805. The Morgan fingerprint density at radius 2 is 1.50 bits per heavy atom. The first-order valence-electron chi connectivity index (χ1n) is 5.17. The first-order valence-corrected chi connectivity index (χ1v) is 5.70. The van der Waals surface area contributed by atoms with Gasteiger partial charge in [0.25, 0.3) is 0 Å². The molecule has 3 rings (SSSR count). The second-order valence-corrected chi connectivity index (χ2v) is 4.71. The highest BCUT2D eigenvalue weighted by atomic mass is 35.5. The van der Waals surface area contributed by atoms with E-state index in [0.29, 0.717) is 0 Å². The number of fused-ring (bicyclic) bond motifs is 4. The molecule has 2 heteroatoms. The van der Waals surface area contributed by atoms with E-state index in [4.69, 9.17) is 11.6 Å². The molecular weight excluding hydrogens is 170 g/mol. The van der Waals surface area contributed by atoms with Crippen LogP contribution in [0.3, 0.4) is 0 Å². The fraction of sp³-hybridized carbons (Fsp3) is 1.00. The number of alkyl halides is 1. The molecule has 12 heavy (non-hydrogen) atoms. The van der Waals surface area contributed by atoms with Crippen molar-refractivity contribution in [1.29, 1.82) is 0 Å². The van der Waals surface area contributed by atoms with Crippen molar-refractivity contribution < 1.29 is 0 Å². The zero-order valence-electron chi connectivity index (χ0n) is 7.64. The van der Waals surface area contributed by atoms with Crippen molar-refractivity contribution >= 4 is 11.6 Å². The fourth-order valence-electron chi connectivity index (χ4n) is 2.70. The summed E-state index contributed by atoms with van der Waals surface area (Å²) >= 11 is 5.76. The molecule has 70 valence electrons. The van der Waals surface area contributed by atoms with Gasteiger partial charge in [0.05, 0.1) is 0 Å². The summed E-state index contributed by atoms with van der Waals surface area (Å²) < 4.78 is 0. The lowest BCUT2D eigenvalue weighted by Gasteiger charge is -2.21. The van der Waals surface area contributed by atoms with Crippen molar-refractivity contribution in [1.82, 2.24) is 4.90 Å². The molecule has 0 spiro atoms. The molecule has 0 aromatic rings. The highest BCUT2D eigenvalue weighted by molar-refractivity contribution is 6.18. The molecule has 2 bridgehead atoms. The van der Waals surface area contributed by atoms with E-state index in [1.54, 1.807) is 0 Å². The Morgan fingerprint density at radius 3 is 1.92 bits per heavy atom. The molecule has 1 aliphatic carbocycles. The number of rotatable bonds is 2. The summed E-state index contributed by atoms with van der Waals surface area (Å²) in [5.41, 5.74) is 0. The van der Waals surface area contributed by atoms with Gasteiger partial charge in [0.2, 0.25) is 0 Å². The van der Waals surface area contributed by atoms with Gasteiger partial charge in [-0.25, -0.2) is 0 Å². The van der Waals surface area contributed by atoms with Crippen LogP contribution in [0.2, 0.25) is 0 Å². The fourth-order valence-corrected chi connectivity index (χ4v) is 2.94. The molecule has 3 fully saturated rings. The van der Waals surface area contributed by atoms with Crippen LogP contribution >= 0.6 is 11.6 Å². The SMILES string of the molecule is ClCCN1CC2CCC(CC2)C1. The molecule has 2 aliphatic heterocycles. The zero-order chi connectivity index (χ0) is 8.39. The van der Waals surface area contributed by atoms with Gasteiger partial charge >= 0.3 is 0 Å². The average Bonchev–Trinajstić information content (AvgIpc) is 2.36. The first kappa shape index (κ1) is 8.83. The standard InChI is InChI=1S/C10H18ClN/c11-5-6-12-7-9-1-2-10(8-12)4-3-9/h9-10H,1-8H2. The van der Waals surface area contributed by atoms with Crippen LogP contribution in [-0.4, -0.2) is 30.4 Å². The van der Waals surface area contributed by atoms with Crippen LogP contribution in [0.15, 0.2) is 0 Å². The molecule has 0 N–H and O–H groups in total. The van der Waals surface area contributed by atoms with Crippen LogP contribution in [0.5, 0.6) is 0 Å². The summed E-state index contributed by atoms with van der Waals surface area (Å²) in [6.07, 6.45) is 5.90. The number of hydrogen-bond donors (Lipinski definition) is 0. The number of nitrogens with zero attached hydrogens (tertiary/aromatic N) is 1. The van der Waals surface area contributed by atoms with Gasteiger partial charge in [0, 0.05) is 25.5 Å². The van der Waals surface area contributed by atoms with Crippen LogP contribution in [0.25, 0.3) is 0 Å². The maximum Gasteiger partial charge on any atom is 0.0351 e. The third-order valence-corrected chi connectivity index (χ3v) is 3.57. The predicted molar refractivity (Wildman–Crippen MR) is 52.6 cm³/mol. The molecule has 0 atom stereocenters. The quantitative estimate of drug-likeness (QED) is 0.600. The second kappa shape index (κ2) is 3.97. The summed E-state index contributed by atoms with van der Waals surface area (Å²) in [6.45, 7) is 3.75. The summed E-state index contributed by atoms with van der Waals surface area (Å²) in [4.78, 5) is 2.57. The number of halogens is 1. The van der Waals surface area contributed by atoms with Gasteiger partial charge in [0.1, 0.15) is 0 Å². The van der Waals surface area contributed by atoms with E-state index in [0.717, 1.165) is 24.3 Å². The van der Waals surface area contributed by atoms with Crippen LogP contribution in [-0.2, 0) is 0 Å². The van der Waals surface area contributed by atoms with E-state index < -0.39 is 0 Å². The Hall–Kier alpha value is 0.250. The molecule has 0 unspecified atom stereocenters. The molecule has 0 aromatic heterocycles. The Balaban J connectivity index is 1.93. The zero-order valence-corrected chi connectivity index (χ0v) is 8.39. The lowest BCUT2D eigenvalue weighted by atomic mass is 9.84. The maximum absolute atomic E-state index is 5.76. The third-order valence-electron chi connectivity index (χ3n) is 3.40. The van der Waals surface area contributed by atoms with Gasteiger partial charge in [-0.3, -0.25) is 0 Å². The molecule has 2 heterocycles. The van der Waals surface area contributed by atoms with E-state index in [-0.39, 0.29) is 0 Å². The molecule has 3 aliphatic rings. The van der Waals surface area contributed by atoms with E-state index in [9.17, 15) is 0 Å². The van der Waals surface area contributed by atoms with Gasteiger partial charge in [0.15, 0.2) is 0 Å². The largest absolute Gasteiger partial charge is 0.302 e. The molecule has 0 radical (unpaired) electrons. The highest BCUT2D eigenvalue weighted by Crippen LogP contribution is 2.33. The van der Waals surface area contributed by atoms with E-state index in [2.05, 4.69) is 4.90 Å². The van der Waals surface area contributed by atoms with E-state index in [1.165, 1.54) is 38.8 Å². The summed E-state index contributed by atoms with van der Waals surface area (Å²) in [6, 6.07) is 0. The van der Waals surface area contributed by atoms with Crippen molar-refractivity contribution in [2.24, 2.45) is 11.8 Å². The number of hydrogen-bond acceptors (Lipinski definition) is 1. The third kappa shape index (κ3) is 1.94. The van der Waals surface area contributed by atoms with Gasteiger partial charge < -0.3 is 4.90 Å². The van der Waals surface area contributed by atoms with Gasteiger partial charge in [-0.2, -0.15) is 0 Å². The van der Waals surface area contributed by atoms with E-state index in [1.807, 2.05) is 0 Å². The maximum atomic E-state index is 5.76. The Morgan fingerprint density at radius 1 is 1.00 bits per heavy atom. The Kier molecular flexibility index (Phi) is 2.92. The Bertz CT molecular complexity index is 127. The smallest absolute Gasteiger partial charge is 0.0351 e. The van der Waals surface area contributed by atoms with Gasteiger partial charge in [-0.1, -0.05) is 0 Å². The monoisotopic (exact) mass is 187 g/mol. The van der Waals surface area contributed by atoms with Crippen LogP contribution in [0, 0.1) is 11.8 Å². The van der Waals surface area contributed by atoms with Crippen LogP contribution < -0.4 is 0 Å². The molecular formula is C10H18ClN. The van der Waals surface area contributed by atoms with Crippen LogP contribution in [0.4, 0.5) is 0 Å². The van der Waals surface area contributed by atoms with Crippen molar-refractivity contribution in [2.45, 2.75) is 25.7 Å². The van der Waals surface area contributed by atoms with Crippen molar-refractivity contribution in [3.05, 3.63) is 0 Å². The minimum atomic E-state index is 0.805. The van der Waals surface area contributed by atoms with Crippen molar-refractivity contribution in [3.8, 4) is 0 Å². The van der Waals surface area contributed by atoms with Gasteiger partial charge in [-0.05, 0) is 37.5 Å². The van der Waals surface area contributed by atoms with Gasteiger partial charge in [-0.15, -0.1) is 11.6 Å². The topological polar surface area (TPSA) is 3.24 Å². The minimum Gasteiger partial charge on any atom is -0.302 e. The average molecular weight is 188 g/mol. The molecule has 0 aromatic carbocycles. The van der Waals surface area contributed by atoms with E-state index >= 15 is 0 Å². The second-order valence-electron chi connectivity index (χ2n) is 4.34. The molecule has 1 saturated carbocycles. The first-order chi connectivity index (χ1) is 5.88. The summed E-state index contributed by atoms with van der Waals surface area (Å²) in [7, 11) is 0. The lowest BCUT2D eigenvalue weighted by molar-refractivity contribution is 0.267. The van der Waals surface area contributed by atoms with Crippen molar-refractivity contribution in [3.63, 3.8) is 0 Å². The lowest BCUT2D eigenvalue weighted by Crippen LogP contribution is -2.30. The Labute approximate surface area is 80.1 Å². The molecule has 1 nitrogen and oxygen atoms in total. The van der Waals surface area contributed by atoms with Crippen LogP contribution in [0.1, 0.15) is 25.7 Å². The summed E-state index contributed by atoms with van der Waals surface area (Å²) in [5.74, 6) is 2.79. The summed E-state index contributed by atoms with van der Waals surface area (Å²) in [5, 5.41) is 0. The molecule has 2 saturated heterocycles. The highest BCUT2D eigenvalue weighted by Gasteiger charge is 2.28. The molecule has 0 amide bonds. The predicted octanol–water partition coefficient (Wildman–Crippen LogP) is 2.35. The normalized spacial score (nSPS) is 36.8.